The third-order valence-corrected chi connectivity index (χ3v) is 4.66. The number of amides is 2. The molecule has 1 aromatic carbocycles. The SMILES string of the molecule is CNC(=O)CNC(=O)COC(=O)/C=C/c1sc2ccccc2c1Cl. The molecule has 2 N–H and O–H groups in total. The number of hydrogen-bond donors (Lipinski definition) is 2. The Kier molecular flexibility index (Phi) is 6.34. The van der Waals surface area contributed by atoms with E-state index in [1.807, 2.05) is 24.3 Å². The lowest BCUT2D eigenvalue weighted by Gasteiger charge is -2.04. The van der Waals surface area contributed by atoms with Gasteiger partial charge in [-0.3, -0.25) is 9.59 Å². The van der Waals surface area contributed by atoms with E-state index in [2.05, 4.69) is 10.6 Å². The fourth-order valence-electron chi connectivity index (χ4n) is 1.79. The van der Waals surface area contributed by atoms with Gasteiger partial charge >= 0.3 is 5.97 Å². The zero-order valence-electron chi connectivity index (χ0n) is 12.8. The highest BCUT2D eigenvalue weighted by molar-refractivity contribution is 7.20. The van der Waals surface area contributed by atoms with Gasteiger partial charge in [0, 0.05) is 28.1 Å². The molecule has 0 radical (unpaired) electrons. The van der Waals surface area contributed by atoms with Crippen LogP contribution < -0.4 is 10.6 Å². The first kappa shape index (κ1) is 18.0. The van der Waals surface area contributed by atoms with E-state index >= 15 is 0 Å². The Balaban J connectivity index is 1.87. The number of thiophene rings is 1. The van der Waals surface area contributed by atoms with Crippen LogP contribution in [-0.4, -0.2) is 38.0 Å². The zero-order chi connectivity index (χ0) is 17.5. The van der Waals surface area contributed by atoms with Crippen LogP contribution in [0.3, 0.4) is 0 Å². The monoisotopic (exact) mass is 366 g/mol. The largest absolute Gasteiger partial charge is 0.452 e. The van der Waals surface area contributed by atoms with E-state index in [9.17, 15) is 14.4 Å². The second kappa shape index (κ2) is 8.47. The molecule has 0 aliphatic carbocycles. The maximum absolute atomic E-state index is 11.6. The summed E-state index contributed by atoms with van der Waals surface area (Å²) in [5, 5.41) is 6.17. The molecule has 0 saturated heterocycles. The van der Waals surface area contributed by atoms with Crippen LogP contribution in [0.5, 0.6) is 0 Å². The van der Waals surface area contributed by atoms with E-state index in [-0.39, 0.29) is 12.5 Å². The first-order valence-electron chi connectivity index (χ1n) is 7.00. The molecule has 0 bridgehead atoms. The lowest BCUT2D eigenvalue weighted by molar-refractivity contribution is -0.143. The Labute approximate surface area is 147 Å². The third-order valence-electron chi connectivity index (χ3n) is 3.00. The first-order chi connectivity index (χ1) is 11.5. The molecule has 0 spiro atoms. The van der Waals surface area contributed by atoms with Crippen LogP contribution in [0, 0.1) is 0 Å². The van der Waals surface area contributed by atoms with Crippen LogP contribution in [-0.2, 0) is 19.1 Å². The minimum atomic E-state index is -0.668. The lowest BCUT2D eigenvalue weighted by Crippen LogP contribution is -2.37. The number of rotatable bonds is 6. The number of nitrogens with one attached hydrogen (secondary N) is 2. The fourth-order valence-corrected chi connectivity index (χ4v) is 3.19. The predicted octanol–water partition coefficient (Wildman–Crippen LogP) is 1.97. The highest BCUT2D eigenvalue weighted by Crippen LogP contribution is 2.35. The highest BCUT2D eigenvalue weighted by atomic mass is 35.5. The summed E-state index contributed by atoms with van der Waals surface area (Å²) in [5.41, 5.74) is 0. The lowest BCUT2D eigenvalue weighted by atomic mass is 10.2. The normalized spacial score (nSPS) is 10.8. The molecule has 0 saturated carbocycles. The molecule has 0 atom stereocenters. The fraction of sp³-hybridized carbons (Fsp3) is 0.188. The summed E-state index contributed by atoms with van der Waals surface area (Å²) in [6.45, 7) is -0.625. The second-order valence-corrected chi connectivity index (χ2v) is 6.13. The van der Waals surface area contributed by atoms with Crippen molar-refractivity contribution in [3.63, 3.8) is 0 Å². The molecule has 2 rings (SSSR count). The molecule has 0 fully saturated rings. The van der Waals surface area contributed by atoms with Gasteiger partial charge in [0.05, 0.1) is 11.6 Å². The molecule has 2 amide bonds. The van der Waals surface area contributed by atoms with Crippen LogP contribution in [0.1, 0.15) is 4.88 Å². The van der Waals surface area contributed by atoms with Crippen molar-refractivity contribution in [2.45, 2.75) is 0 Å². The van der Waals surface area contributed by atoms with Crippen molar-refractivity contribution in [3.8, 4) is 0 Å². The van der Waals surface area contributed by atoms with E-state index in [0.29, 0.717) is 5.02 Å². The van der Waals surface area contributed by atoms with Crippen molar-refractivity contribution in [2.24, 2.45) is 0 Å². The standard InChI is InChI=1S/C16H15ClN2O4S/c1-18-13(20)8-19-14(21)9-23-15(22)7-6-12-16(17)10-4-2-3-5-11(10)24-12/h2-7H,8-9H2,1H3,(H,18,20)(H,19,21)/b7-6+. The minimum absolute atomic E-state index is 0.167. The second-order valence-electron chi connectivity index (χ2n) is 4.67. The zero-order valence-corrected chi connectivity index (χ0v) is 14.4. The van der Waals surface area contributed by atoms with Crippen molar-refractivity contribution < 1.29 is 19.1 Å². The summed E-state index contributed by atoms with van der Waals surface area (Å²) in [4.78, 5) is 34.7. The summed E-state index contributed by atoms with van der Waals surface area (Å²) in [7, 11) is 1.46. The average Bonchev–Trinajstić information content (AvgIpc) is 2.92. The van der Waals surface area contributed by atoms with Gasteiger partial charge in [-0.05, 0) is 12.1 Å². The van der Waals surface area contributed by atoms with Gasteiger partial charge in [-0.2, -0.15) is 0 Å². The van der Waals surface area contributed by atoms with Crippen molar-refractivity contribution in [2.75, 3.05) is 20.2 Å². The van der Waals surface area contributed by atoms with Gasteiger partial charge in [0.2, 0.25) is 5.91 Å². The summed E-state index contributed by atoms with van der Waals surface area (Å²) in [6.07, 6.45) is 2.76. The summed E-state index contributed by atoms with van der Waals surface area (Å²) in [6, 6.07) is 7.65. The molecule has 24 heavy (non-hydrogen) atoms. The van der Waals surface area contributed by atoms with Crippen LogP contribution in [0.25, 0.3) is 16.2 Å². The van der Waals surface area contributed by atoms with Gasteiger partial charge in [0.15, 0.2) is 6.61 Å². The molecule has 1 aromatic heterocycles. The number of fused-ring (bicyclic) bond motifs is 1. The van der Waals surface area contributed by atoms with Crippen molar-refractivity contribution in [3.05, 3.63) is 40.2 Å². The number of carbonyl (C=O) groups is 3. The molecular formula is C16H15ClN2O4S. The number of ether oxygens (including phenoxy) is 1. The number of hydrogen-bond acceptors (Lipinski definition) is 5. The average molecular weight is 367 g/mol. The van der Waals surface area contributed by atoms with Gasteiger partial charge in [0.25, 0.3) is 5.91 Å². The molecular weight excluding hydrogens is 352 g/mol. The Morgan fingerprint density at radius 1 is 1.25 bits per heavy atom. The smallest absolute Gasteiger partial charge is 0.331 e. The van der Waals surface area contributed by atoms with E-state index in [0.717, 1.165) is 15.0 Å². The molecule has 1 heterocycles. The molecule has 0 aliphatic rings. The van der Waals surface area contributed by atoms with Crippen LogP contribution in [0.4, 0.5) is 0 Å². The third kappa shape index (κ3) is 4.81. The highest BCUT2D eigenvalue weighted by Gasteiger charge is 2.09. The first-order valence-corrected chi connectivity index (χ1v) is 8.20. The molecule has 126 valence electrons. The van der Waals surface area contributed by atoms with Crippen molar-refractivity contribution in [1.82, 2.24) is 10.6 Å². The van der Waals surface area contributed by atoms with E-state index in [1.54, 1.807) is 6.08 Å². The predicted molar refractivity (Wildman–Crippen MR) is 93.9 cm³/mol. The molecule has 0 aliphatic heterocycles. The number of likely N-dealkylation sites (N-methyl/N-ethyl adjacent to an activating group) is 1. The van der Waals surface area contributed by atoms with E-state index < -0.39 is 18.5 Å². The van der Waals surface area contributed by atoms with Crippen LogP contribution in [0.15, 0.2) is 30.3 Å². The van der Waals surface area contributed by atoms with E-state index in [4.69, 9.17) is 16.3 Å². The Morgan fingerprint density at radius 3 is 2.71 bits per heavy atom. The number of carbonyl (C=O) groups excluding carboxylic acids is 3. The van der Waals surface area contributed by atoms with Gasteiger partial charge < -0.3 is 15.4 Å². The molecule has 6 nitrogen and oxygen atoms in total. The topological polar surface area (TPSA) is 84.5 Å². The van der Waals surface area contributed by atoms with Crippen LogP contribution in [0.2, 0.25) is 5.02 Å². The van der Waals surface area contributed by atoms with Crippen molar-refractivity contribution >= 4 is 56.9 Å². The molecule has 2 aromatic rings. The summed E-state index contributed by atoms with van der Waals surface area (Å²) in [5.74, 6) is -1.56. The number of esters is 1. The number of halogens is 1. The van der Waals surface area contributed by atoms with Gasteiger partial charge in [-0.1, -0.05) is 29.8 Å². The molecule has 8 heteroatoms. The summed E-state index contributed by atoms with van der Waals surface area (Å²) >= 11 is 7.71. The Morgan fingerprint density at radius 2 is 2.00 bits per heavy atom. The summed E-state index contributed by atoms with van der Waals surface area (Å²) < 4.78 is 5.82. The van der Waals surface area contributed by atoms with Gasteiger partial charge in [-0.25, -0.2) is 4.79 Å². The van der Waals surface area contributed by atoms with Crippen molar-refractivity contribution in [1.29, 1.82) is 0 Å². The number of benzene rings is 1. The van der Waals surface area contributed by atoms with Gasteiger partial charge in [0.1, 0.15) is 0 Å². The maximum atomic E-state index is 11.6. The Hall–Kier alpha value is -2.38. The van der Waals surface area contributed by atoms with Crippen LogP contribution >= 0.6 is 22.9 Å². The Bertz CT molecular complexity index is 800. The molecule has 0 unspecified atom stereocenters. The van der Waals surface area contributed by atoms with E-state index in [1.165, 1.54) is 24.5 Å². The van der Waals surface area contributed by atoms with Gasteiger partial charge in [-0.15, -0.1) is 11.3 Å². The minimum Gasteiger partial charge on any atom is -0.452 e. The maximum Gasteiger partial charge on any atom is 0.331 e. The quantitative estimate of drug-likeness (QED) is 0.604.